The first-order valence-electron chi connectivity index (χ1n) is 10.8. The van der Waals surface area contributed by atoms with Crippen molar-refractivity contribution in [1.29, 1.82) is 0 Å². The van der Waals surface area contributed by atoms with Crippen molar-refractivity contribution in [1.82, 2.24) is 9.55 Å². The summed E-state index contributed by atoms with van der Waals surface area (Å²) in [5, 5.41) is 4.03. The third-order valence-corrected chi connectivity index (χ3v) is 7.88. The molecule has 1 saturated carbocycles. The molecule has 1 amide bonds. The molecule has 1 spiro atoms. The second-order valence-electron chi connectivity index (χ2n) is 8.65. The maximum Gasteiger partial charge on any atom is 0.258 e. The molecule has 0 atom stereocenters. The van der Waals surface area contributed by atoms with Crippen LogP contribution in [-0.2, 0) is 23.7 Å². The van der Waals surface area contributed by atoms with Crippen LogP contribution < -0.4 is 10.9 Å². The first-order chi connectivity index (χ1) is 15.5. The molecular weight excluding hydrogens is 442 g/mol. The van der Waals surface area contributed by atoms with Gasteiger partial charge in [-0.3, -0.25) is 14.2 Å². The predicted molar refractivity (Wildman–Crippen MR) is 130 cm³/mol. The molecule has 0 saturated heterocycles. The fourth-order valence-corrected chi connectivity index (χ4v) is 5.97. The molecule has 0 unspecified atom stereocenters. The number of carbonyl (C=O) groups excluding carboxylic acids is 1. The Morgan fingerprint density at radius 1 is 1.16 bits per heavy atom. The van der Waals surface area contributed by atoms with Crippen LogP contribution in [0.2, 0.25) is 5.02 Å². The van der Waals surface area contributed by atoms with Crippen molar-refractivity contribution in [2.24, 2.45) is 7.05 Å². The van der Waals surface area contributed by atoms with Crippen molar-refractivity contribution in [3.8, 4) is 11.3 Å². The van der Waals surface area contributed by atoms with E-state index in [1.165, 1.54) is 17.3 Å². The molecule has 2 aromatic carbocycles. The topological polar surface area (TPSA) is 64.0 Å². The minimum atomic E-state index is -0.156. The first-order valence-corrected chi connectivity index (χ1v) is 12.2. The fourth-order valence-electron chi connectivity index (χ4n) is 5.08. The Morgan fingerprint density at radius 3 is 2.62 bits per heavy atom. The Bertz CT molecular complexity index is 1250. The summed E-state index contributed by atoms with van der Waals surface area (Å²) in [6, 6.07) is 15.3. The number of fused-ring (bicyclic) bond motifs is 4. The maximum absolute atomic E-state index is 13.6. The zero-order valence-electron chi connectivity index (χ0n) is 17.9. The number of rotatable bonds is 4. The third kappa shape index (κ3) is 3.76. The highest BCUT2D eigenvalue weighted by Crippen LogP contribution is 2.49. The first kappa shape index (κ1) is 21.3. The highest BCUT2D eigenvalue weighted by molar-refractivity contribution is 7.99. The average Bonchev–Trinajstić information content (AvgIpc) is 3.25. The monoisotopic (exact) mass is 465 g/mol. The molecule has 1 N–H and O–H groups in total. The minimum Gasteiger partial charge on any atom is -0.325 e. The number of hydrogen-bond donors (Lipinski definition) is 1. The molecule has 1 fully saturated rings. The average molecular weight is 466 g/mol. The second-order valence-corrected chi connectivity index (χ2v) is 10.0. The van der Waals surface area contributed by atoms with Crippen LogP contribution in [0.1, 0.15) is 36.8 Å². The number of benzene rings is 2. The van der Waals surface area contributed by atoms with Crippen LogP contribution in [0, 0.1) is 0 Å². The van der Waals surface area contributed by atoms with E-state index in [1.807, 2.05) is 6.07 Å². The maximum atomic E-state index is 13.6. The van der Waals surface area contributed by atoms with Crippen LogP contribution in [0.25, 0.3) is 11.3 Å². The molecule has 3 aromatic rings. The zero-order chi connectivity index (χ0) is 22.3. The van der Waals surface area contributed by atoms with Crippen LogP contribution in [0.15, 0.2) is 58.5 Å². The van der Waals surface area contributed by atoms with Gasteiger partial charge in [0.2, 0.25) is 5.91 Å². The molecule has 1 heterocycles. The van der Waals surface area contributed by atoms with Gasteiger partial charge in [-0.05, 0) is 49.1 Å². The van der Waals surface area contributed by atoms with Crippen LogP contribution in [0.4, 0.5) is 5.69 Å². The molecule has 1 aromatic heterocycles. The van der Waals surface area contributed by atoms with Gasteiger partial charge in [0.25, 0.3) is 5.56 Å². The van der Waals surface area contributed by atoms with Gasteiger partial charge in [-0.1, -0.05) is 60.5 Å². The van der Waals surface area contributed by atoms with E-state index in [4.69, 9.17) is 16.6 Å². The Morgan fingerprint density at radius 2 is 1.88 bits per heavy atom. The molecule has 32 heavy (non-hydrogen) atoms. The SMILES string of the molecule is Cn1c(SCC(=O)Nc2ccc(Cl)cc2)nc2c(c1=O)C1(CCCC1)Cc1ccccc1-2. The number of anilines is 1. The molecular formula is C25H24ClN3O2S. The Labute approximate surface area is 196 Å². The van der Waals surface area contributed by atoms with Gasteiger partial charge in [-0.2, -0.15) is 0 Å². The number of amides is 1. The smallest absolute Gasteiger partial charge is 0.258 e. The van der Waals surface area contributed by atoms with Crippen molar-refractivity contribution >= 4 is 35.0 Å². The van der Waals surface area contributed by atoms with Gasteiger partial charge in [-0.15, -0.1) is 0 Å². The number of nitrogens with zero attached hydrogens (tertiary/aromatic N) is 2. The van der Waals surface area contributed by atoms with Gasteiger partial charge < -0.3 is 5.32 Å². The Balaban J connectivity index is 1.47. The van der Waals surface area contributed by atoms with Gasteiger partial charge in [0.05, 0.1) is 17.0 Å². The van der Waals surface area contributed by atoms with Crippen molar-refractivity contribution in [3.05, 3.63) is 75.0 Å². The minimum absolute atomic E-state index is 0.0204. The van der Waals surface area contributed by atoms with Crippen LogP contribution in [0.5, 0.6) is 0 Å². The van der Waals surface area contributed by atoms with Crippen molar-refractivity contribution in [3.63, 3.8) is 0 Å². The summed E-state index contributed by atoms with van der Waals surface area (Å²) in [5.74, 6) is 0.00560. The third-order valence-electron chi connectivity index (χ3n) is 6.60. The van der Waals surface area contributed by atoms with E-state index in [9.17, 15) is 9.59 Å². The van der Waals surface area contributed by atoms with Crippen LogP contribution >= 0.6 is 23.4 Å². The molecule has 0 radical (unpaired) electrons. The number of hydrogen-bond acceptors (Lipinski definition) is 4. The molecule has 2 aliphatic carbocycles. The lowest BCUT2D eigenvalue weighted by atomic mass is 9.68. The summed E-state index contributed by atoms with van der Waals surface area (Å²) in [5.41, 5.74) is 4.57. The van der Waals surface area contributed by atoms with Gasteiger partial charge in [-0.25, -0.2) is 4.98 Å². The fraction of sp³-hybridized carbons (Fsp3) is 0.320. The molecule has 0 aliphatic heterocycles. The summed E-state index contributed by atoms with van der Waals surface area (Å²) in [6.07, 6.45) is 5.25. The number of aromatic nitrogens is 2. The van der Waals surface area contributed by atoms with E-state index in [1.54, 1.807) is 35.9 Å². The van der Waals surface area contributed by atoms with Gasteiger partial charge in [0.15, 0.2) is 5.16 Å². The highest BCUT2D eigenvalue weighted by Gasteiger charge is 2.44. The lowest BCUT2D eigenvalue weighted by Crippen LogP contribution is -2.39. The summed E-state index contributed by atoms with van der Waals surface area (Å²) in [7, 11) is 1.76. The van der Waals surface area contributed by atoms with E-state index in [0.29, 0.717) is 15.9 Å². The Kier molecular flexibility index (Phi) is 5.59. The second kappa shape index (κ2) is 8.41. The molecule has 164 valence electrons. The van der Waals surface area contributed by atoms with E-state index >= 15 is 0 Å². The summed E-state index contributed by atoms with van der Waals surface area (Å²) in [4.78, 5) is 31.0. The van der Waals surface area contributed by atoms with Crippen molar-refractivity contribution < 1.29 is 4.79 Å². The zero-order valence-corrected chi connectivity index (χ0v) is 19.4. The molecule has 7 heteroatoms. The predicted octanol–water partition coefficient (Wildman–Crippen LogP) is 5.20. The van der Waals surface area contributed by atoms with E-state index in [-0.39, 0.29) is 22.6 Å². The lowest BCUT2D eigenvalue weighted by molar-refractivity contribution is -0.113. The van der Waals surface area contributed by atoms with Gasteiger partial charge in [0, 0.05) is 28.7 Å². The van der Waals surface area contributed by atoms with Crippen molar-refractivity contribution in [2.45, 2.75) is 42.7 Å². The summed E-state index contributed by atoms with van der Waals surface area (Å²) in [6.45, 7) is 0. The van der Waals surface area contributed by atoms with Gasteiger partial charge >= 0.3 is 0 Å². The molecule has 5 rings (SSSR count). The number of halogens is 1. The van der Waals surface area contributed by atoms with Crippen molar-refractivity contribution in [2.75, 3.05) is 11.1 Å². The lowest BCUT2D eigenvalue weighted by Gasteiger charge is -2.36. The summed E-state index contributed by atoms with van der Waals surface area (Å²) < 4.78 is 1.62. The van der Waals surface area contributed by atoms with E-state index in [0.717, 1.165) is 48.9 Å². The van der Waals surface area contributed by atoms with Crippen LogP contribution in [-0.4, -0.2) is 21.2 Å². The van der Waals surface area contributed by atoms with E-state index in [2.05, 4.69) is 23.5 Å². The number of carbonyl (C=O) groups is 1. The van der Waals surface area contributed by atoms with Crippen LogP contribution in [0.3, 0.4) is 0 Å². The summed E-state index contributed by atoms with van der Waals surface area (Å²) >= 11 is 7.19. The van der Waals surface area contributed by atoms with Gasteiger partial charge in [0.1, 0.15) is 0 Å². The Hall–Kier alpha value is -2.57. The largest absolute Gasteiger partial charge is 0.325 e. The number of thioether (sulfide) groups is 1. The normalized spacial score (nSPS) is 15.9. The molecule has 5 nitrogen and oxygen atoms in total. The molecule has 2 aliphatic rings. The quantitative estimate of drug-likeness (QED) is 0.425. The highest BCUT2D eigenvalue weighted by atomic mass is 35.5. The van der Waals surface area contributed by atoms with E-state index < -0.39 is 0 Å². The molecule has 0 bridgehead atoms. The standard InChI is InChI=1S/C25H24ClN3O2S/c1-29-23(31)21-22(19-7-3-2-6-16(19)14-25(21)12-4-5-13-25)28-24(29)32-15-20(30)27-18-10-8-17(26)9-11-18/h2-3,6-11H,4-5,12-15H2,1H3,(H,27,30). The number of nitrogens with one attached hydrogen (secondary N) is 1.